The molecule has 34 heavy (non-hydrogen) atoms. The van der Waals surface area contributed by atoms with E-state index >= 15 is 0 Å². The van der Waals surface area contributed by atoms with E-state index in [-0.39, 0.29) is 48.5 Å². The first-order chi connectivity index (χ1) is 15.9. The molecule has 2 aromatic carbocycles. The lowest BCUT2D eigenvalue weighted by Crippen LogP contribution is -2.47. The van der Waals surface area contributed by atoms with Crippen molar-refractivity contribution in [1.82, 2.24) is 10.2 Å². The molecule has 0 spiro atoms. The molecule has 0 aromatic heterocycles. The first-order valence-corrected chi connectivity index (χ1v) is 13.3. The van der Waals surface area contributed by atoms with Crippen molar-refractivity contribution in [2.24, 2.45) is 0 Å². The van der Waals surface area contributed by atoms with Gasteiger partial charge in [-0.25, -0.2) is 12.8 Å². The van der Waals surface area contributed by atoms with Gasteiger partial charge in [0.2, 0.25) is 21.8 Å². The summed E-state index contributed by atoms with van der Waals surface area (Å²) < 4.78 is 39.2. The van der Waals surface area contributed by atoms with Crippen LogP contribution in [0.3, 0.4) is 0 Å². The Morgan fingerprint density at radius 2 is 1.76 bits per heavy atom. The maximum atomic E-state index is 13.3. The summed E-state index contributed by atoms with van der Waals surface area (Å²) in [6, 6.07) is 9.39. The number of sulfonamides is 1. The van der Waals surface area contributed by atoms with Crippen molar-refractivity contribution in [3.05, 3.63) is 63.9 Å². The Kier molecular flexibility index (Phi) is 10.1. The predicted octanol–water partition coefficient (Wildman–Crippen LogP) is 4.23. The van der Waals surface area contributed by atoms with Gasteiger partial charge in [-0.3, -0.25) is 13.9 Å². The molecule has 0 unspecified atom stereocenters. The van der Waals surface area contributed by atoms with Gasteiger partial charge in [0.25, 0.3) is 0 Å². The van der Waals surface area contributed by atoms with Crippen molar-refractivity contribution in [3.8, 4) is 0 Å². The van der Waals surface area contributed by atoms with Gasteiger partial charge in [0, 0.05) is 31.1 Å². The largest absolute Gasteiger partial charge is 0.355 e. The third-order valence-corrected chi connectivity index (χ3v) is 6.85. The molecule has 2 rings (SSSR count). The van der Waals surface area contributed by atoms with Gasteiger partial charge in [-0.2, -0.15) is 0 Å². The fourth-order valence-corrected chi connectivity index (χ4v) is 4.76. The van der Waals surface area contributed by atoms with Crippen LogP contribution in [0.4, 0.5) is 10.1 Å². The minimum atomic E-state index is -3.70. The van der Waals surface area contributed by atoms with Crippen LogP contribution in [-0.2, 0) is 26.2 Å². The van der Waals surface area contributed by atoms with E-state index in [1.807, 2.05) is 0 Å². The second-order valence-electron chi connectivity index (χ2n) is 7.75. The van der Waals surface area contributed by atoms with Gasteiger partial charge in [-0.05, 0) is 56.2 Å². The average Bonchev–Trinajstić information content (AvgIpc) is 2.77. The number of rotatable bonds is 11. The zero-order chi connectivity index (χ0) is 25.5. The molecule has 1 N–H and O–H groups in total. The van der Waals surface area contributed by atoms with Gasteiger partial charge in [-0.15, -0.1) is 0 Å². The number of nitrogens with one attached hydrogen (secondary N) is 1. The number of carbonyl (C=O) groups excluding carboxylic acids is 2. The number of likely N-dealkylation sites (N-methyl/N-ethyl adjacent to an activating group) is 1. The Morgan fingerprint density at radius 1 is 1.12 bits per heavy atom. The summed E-state index contributed by atoms with van der Waals surface area (Å²) >= 11 is 12.2. The van der Waals surface area contributed by atoms with E-state index < -0.39 is 21.9 Å². The summed E-state index contributed by atoms with van der Waals surface area (Å²) in [5.74, 6) is -1.06. The van der Waals surface area contributed by atoms with Gasteiger partial charge < -0.3 is 10.2 Å². The number of carbonyl (C=O) groups is 2. The van der Waals surface area contributed by atoms with Crippen molar-refractivity contribution in [2.75, 3.05) is 23.7 Å². The number of anilines is 1. The number of nitrogens with zero attached hydrogens (tertiary/aromatic N) is 2. The Balaban J connectivity index is 2.18. The maximum Gasteiger partial charge on any atom is 0.242 e. The number of benzene rings is 2. The smallest absolute Gasteiger partial charge is 0.242 e. The zero-order valence-corrected chi connectivity index (χ0v) is 21.6. The highest BCUT2D eigenvalue weighted by atomic mass is 35.5. The quantitative estimate of drug-likeness (QED) is 0.469. The van der Waals surface area contributed by atoms with E-state index in [4.69, 9.17) is 23.2 Å². The lowest BCUT2D eigenvalue weighted by molar-refractivity contribution is -0.140. The molecular formula is C23H28Cl2FN3O4S. The summed E-state index contributed by atoms with van der Waals surface area (Å²) in [5, 5.41) is 3.23. The van der Waals surface area contributed by atoms with E-state index in [1.54, 1.807) is 32.0 Å². The zero-order valence-electron chi connectivity index (χ0n) is 19.2. The normalized spacial score (nSPS) is 12.2. The fraction of sp³-hybridized carbons (Fsp3) is 0.391. The van der Waals surface area contributed by atoms with Crippen LogP contribution in [0.5, 0.6) is 0 Å². The molecule has 1 atom stereocenters. The number of hydrogen-bond donors (Lipinski definition) is 1. The molecule has 0 heterocycles. The van der Waals surface area contributed by atoms with Gasteiger partial charge in [0.15, 0.2) is 0 Å². The molecule has 7 nitrogen and oxygen atoms in total. The van der Waals surface area contributed by atoms with Crippen LogP contribution in [-0.4, -0.2) is 50.5 Å². The minimum absolute atomic E-state index is 0.00936. The van der Waals surface area contributed by atoms with Crippen molar-refractivity contribution >= 4 is 50.7 Å². The van der Waals surface area contributed by atoms with E-state index in [1.165, 1.54) is 29.2 Å². The third-order valence-electron chi connectivity index (χ3n) is 5.11. The number of amides is 2. The van der Waals surface area contributed by atoms with E-state index in [0.717, 1.165) is 10.6 Å². The van der Waals surface area contributed by atoms with Crippen LogP contribution < -0.4 is 9.62 Å². The molecule has 0 saturated heterocycles. The fourth-order valence-electron chi connectivity index (χ4n) is 3.35. The molecule has 0 aliphatic carbocycles. The van der Waals surface area contributed by atoms with Crippen LogP contribution in [0, 0.1) is 5.82 Å². The summed E-state index contributed by atoms with van der Waals surface area (Å²) in [7, 11) is -3.70. The molecule has 0 bridgehead atoms. The topological polar surface area (TPSA) is 86.8 Å². The lowest BCUT2D eigenvalue weighted by Gasteiger charge is -2.29. The molecule has 0 fully saturated rings. The van der Waals surface area contributed by atoms with Crippen molar-refractivity contribution < 1.29 is 22.4 Å². The highest BCUT2D eigenvalue weighted by Crippen LogP contribution is 2.31. The number of halogens is 3. The Morgan fingerprint density at radius 3 is 2.35 bits per heavy atom. The highest BCUT2D eigenvalue weighted by Gasteiger charge is 2.26. The standard InChI is InChI=1S/C23H28Cl2FN3O4S/c1-4-27-23(31)16(2)28(15-17-7-10-19(26)11-8-17)22(30)6-5-13-29(34(3,32)33)21-14-18(24)9-12-20(21)25/h7-12,14,16H,4-6,13,15H2,1-3H3,(H,27,31)/t16-/m1/s1. The van der Waals surface area contributed by atoms with Gasteiger partial charge in [0.05, 0.1) is 17.0 Å². The average molecular weight is 532 g/mol. The molecule has 11 heteroatoms. The van der Waals surface area contributed by atoms with Crippen LogP contribution in [0.25, 0.3) is 0 Å². The summed E-state index contributed by atoms with van der Waals surface area (Å²) in [6.45, 7) is 3.89. The lowest BCUT2D eigenvalue weighted by atomic mass is 10.1. The molecule has 0 aliphatic rings. The van der Waals surface area contributed by atoms with E-state index in [0.29, 0.717) is 17.1 Å². The predicted molar refractivity (Wildman–Crippen MR) is 133 cm³/mol. The SMILES string of the molecule is CCNC(=O)[C@@H](C)N(Cc1ccc(F)cc1)C(=O)CCCN(c1cc(Cl)ccc1Cl)S(C)(=O)=O. The molecule has 0 saturated carbocycles. The van der Waals surface area contributed by atoms with Crippen LogP contribution >= 0.6 is 23.2 Å². The molecule has 2 aromatic rings. The third kappa shape index (κ3) is 7.85. The Bertz CT molecular complexity index is 1110. The molecule has 2 amide bonds. The van der Waals surface area contributed by atoms with Crippen molar-refractivity contribution in [2.45, 2.75) is 39.3 Å². The van der Waals surface area contributed by atoms with Crippen molar-refractivity contribution in [1.29, 1.82) is 0 Å². The minimum Gasteiger partial charge on any atom is -0.355 e. The summed E-state index contributed by atoms with van der Waals surface area (Å²) in [5.41, 5.74) is 0.886. The first-order valence-electron chi connectivity index (χ1n) is 10.7. The first kappa shape index (κ1) is 27.9. The molecule has 0 aliphatic heterocycles. The Labute approximate surface area is 209 Å². The van der Waals surface area contributed by atoms with Gasteiger partial charge in [0.1, 0.15) is 11.9 Å². The highest BCUT2D eigenvalue weighted by molar-refractivity contribution is 7.92. The molecule has 186 valence electrons. The second kappa shape index (κ2) is 12.4. The number of hydrogen-bond acceptors (Lipinski definition) is 4. The van der Waals surface area contributed by atoms with Crippen LogP contribution in [0.2, 0.25) is 10.0 Å². The second-order valence-corrected chi connectivity index (χ2v) is 10.5. The molecular weight excluding hydrogens is 504 g/mol. The maximum absolute atomic E-state index is 13.3. The van der Waals surface area contributed by atoms with E-state index in [2.05, 4.69) is 5.32 Å². The van der Waals surface area contributed by atoms with E-state index in [9.17, 15) is 22.4 Å². The van der Waals surface area contributed by atoms with Gasteiger partial charge in [-0.1, -0.05) is 35.3 Å². The Hall–Kier alpha value is -2.36. The monoisotopic (exact) mass is 531 g/mol. The van der Waals surface area contributed by atoms with Gasteiger partial charge >= 0.3 is 0 Å². The molecule has 0 radical (unpaired) electrons. The van der Waals surface area contributed by atoms with Crippen LogP contribution in [0.1, 0.15) is 32.3 Å². The summed E-state index contributed by atoms with van der Waals surface area (Å²) in [4.78, 5) is 26.9. The summed E-state index contributed by atoms with van der Waals surface area (Å²) in [6.07, 6.45) is 1.20. The van der Waals surface area contributed by atoms with Crippen molar-refractivity contribution in [3.63, 3.8) is 0 Å². The van der Waals surface area contributed by atoms with Crippen LogP contribution in [0.15, 0.2) is 42.5 Å².